The number of aromatic nitrogens is 1. The molecule has 7 heteroatoms. The first-order valence-corrected chi connectivity index (χ1v) is 6.64. The number of aryl methyl sites for hydroxylation is 1. The highest BCUT2D eigenvalue weighted by Crippen LogP contribution is 2.26. The highest BCUT2D eigenvalue weighted by atomic mass is 32.1. The number of rotatable bonds is 6. The highest BCUT2D eigenvalue weighted by Gasteiger charge is 2.08. The Balaban J connectivity index is 2.06. The van der Waals surface area contributed by atoms with Crippen LogP contribution in [0.5, 0.6) is 5.75 Å². The van der Waals surface area contributed by atoms with E-state index in [0.29, 0.717) is 17.1 Å². The summed E-state index contributed by atoms with van der Waals surface area (Å²) in [6, 6.07) is 6.16. The van der Waals surface area contributed by atoms with E-state index in [1.165, 1.54) is 23.5 Å². The van der Waals surface area contributed by atoms with Crippen LogP contribution in [0.2, 0.25) is 0 Å². The second-order valence-corrected chi connectivity index (χ2v) is 4.80. The third kappa shape index (κ3) is 3.99. The van der Waals surface area contributed by atoms with E-state index in [4.69, 9.17) is 5.11 Å². The van der Waals surface area contributed by atoms with Crippen LogP contribution in [0.1, 0.15) is 12.1 Å². The van der Waals surface area contributed by atoms with Crippen LogP contribution in [0.3, 0.4) is 0 Å². The van der Waals surface area contributed by atoms with Gasteiger partial charge in [0.05, 0.1) is 12.1 Å². The number of alkyl halides is 2. The van der Waals surface area contributed by atoms with Gasteiger partial charge < -0.3 is 9.84 Å². The van der Waals surface area contributed by atoms with Crippen molar-refractivity contribution in [1.29, 1.82) is 0 Å². The number of hydrogen-bond acceptors (Lipinski definition) is 4. The molecule has 4 nitrogen and oxygen atoms in total. The first kappa shape index (κ1) is 14.4. The number of halogens is 2. The topological polar surface area (TPSA) is 59.4 Å². The van der Waals surface area contributed by atoms with E-state index in [0.717, 1.165) is 5.56 Å². The van der Waals surface area contributed by atoms with E-state index in [2.05, 4.69) is 9.72 Å². The van der Waals surface area contributed by atoms with Crippen molar-refractivity contribution in [3.8, 4) is 16.3 Å². The first-order valence-electron chi connectivity index (χ1n) is 5.76. The summed E-state index contributed by atoms with van der Waals surface area (Å²) in [5.74, 6) is -0.778. The lowest BCUT2D eigenvalue weighted by Gasteiger charge is -2.04. The normalized spacial score (nSPS) is 10.8. The fourth-order valence-corrected chi connectivity index (χ4v) is 2.43. The minimum atomic E-state index is -2.84. The molecule has 0 atom stereocenters. The zero-order chi connectivity index (χ0) is 14.5. The average molecular weight is 299 g/mol. The Morgan fingerprint density at radius 1 is 1.35 bits per heavy atom. The Morgan fingerprint density at radius 3 is 2.65 bits per heavy atom. The van der Waals surface area contributed by atoms with Crippen molar-refractivity contribution < 1.29 is 23.4 Å². The third-order valence-corrected chi connectivity index (χ3v) is 3.41. The first-order chi connectivity index (χ1) is 9.54. The van der Waals surface area contributed by atoms with Crippen LogP contribution < -0.4 is 4.74 Å². The summed E-state index contributed by atoms with van der Waals surface area (Å²) in [6.07, 6.45) is 0.406. The predicted molar refractivity (Wildman–Crippen MR) is 70.1 cm³/mol. The van der Waals surface area contributed by atoms with Crippen LogP contribution >= 0.6 is 11.3 Å². The SMILES string of the molecule is O=C(O)CCc1csc(-c2ccc(OC(F)F)cc2)n1. The fourth-order valence-electron chi connectivity index (χ4n) is 1.57. The van der Waals surface area contributed by atoms with E-state index in [1.807, 2.05) is 0 Å². The van der Waals surface area contributed by atoms with Gasteiger partial charge >= 0.3 is 12.6 Å². The Bertz CT molecular complexity index is 584. The quantitative estimate of drug-likeness (QED) is 0.887. The number of benzene rings is 1. The molecule has 0 fully saturated rings. The van der Waals surface area contributed by atoms with Crippen molar-refractivity contribution in [3.05, 3.63) is 35.3 Å². The minimum Gasteiger partial charge on any atom is -0.481 e. The van der Waals surface area contributed by atoms with E-state index >= 15 is 0 Å². The molecule has 0 bridgehead atoms. The Hall–Kier alpha value is -2.02. The van der Waals surface area contributed by atoms with Gasteiger partial charge in [0.1, 0.15) is 10.8 Å². The number of carbonyl (C=O) groups is 1. The number of ether oxygens (including phenoxy) is 1. The molecule has 2 rings (SSSR count). The Kier molecular flexibility index (Phi) is 4.62. The van der Waals surface area contributed by atoms with Crippen molar-refractivity contribution in [3.63, 3.8) is 0 Å². The van der Waals surface area contributed by atoms with E-state index in [9.17, 15) is 13.6 Å². The van der Waals surface area contributed by atoms with Gasteiger partial charge in [-0.05, 0) is 24.3 Å². The molecule has 1 aromatic carbocycles. The van der Waals surface area contributed by atoms with Crippen molar-refractivity contribution in [2.45, 2.75) is 19.5 Å². The number of thiazole rings is 1. The maximum atomic E-state index is 12.0. The second-order valence-electron chi connectivity index (χ2n) is 3.94. The lowest BCUT2D eigenvalue weighted by molar-refractivity contribution is -0.136. The molecule has 0 amide bonds. The zero-order valence-corrected chi connectivity index (χ0v) is 11.1. The fraction of sp³-hybridized carbons (Fsp3) is 0.231. The number of aliphatic carboxylic acids is 1. The Morgan fingerprint density at radius 2 is 2.05 bits per heavy atom. The number of carboxylic acid groups (broad SMARTS) is 1. The van der Waals surface area contributed by atoms with Crippen LogP contribution in [-0.2, 0) is 11.2 Å². The summed E-state index contributed by atoms with van der Waals surface area (Å²) in [5, 5.41) is 11.1. The standard InChI is InChI=1S/C13H11F2NO3S/c14-13(15)19-10-4-1-8(2-5-10)12-16-9(7-20-12)3-6-11(17)18/h1-2,4-5,7,13H,3,6H2,(H,17,18). The van der Waals surface area contributed by atoms with Crippen LogP contribution in [-0.4, -0.2) is 22.7 Å². The van der Waals surface area contributed by atoms with Crippen molar-refractivity contribution in [2.24, 2.45) is 0 Å². The van der Waals surface area contributed by atoms with Crippen LogP contribution in [0.15, 0.2) is 29.6 Å². The number of nitrogens with zero attached hydrogens (tertiary/aromatic N) is 1. The summed E-state index contributed by atoms with van der Waals surface area (Å²) in [4.78, 5) is 14.8. The Labute approximate surface area is 117 Å². The van der Waals surface area contributed by atoms with Crippen molar-refractivity contribution in [1.82, 2.24) is 4.98 Å². The molecule has 0 radical (unpaired) electrons. The molecule has 0 saturated carbocycles. The molecule has 20 heavy (non-hydrogen) atoms. The summed E-state index contributed by atoms with van der Waals surface area (Å²) < 4.78 is 28.3. The van der Waals surface area contributed by atoms with Gasteiger partial charge in [-0.25, -0.2) is 4.98 Å². The highest BCUT2D eigenvalue weighted by molar-refractivity contribution is 7.13. The maximum Gasteiger partial charge on any atom is 0.387 e. The number of carboxylic acids is 1. The molecule has 0 aliphatic heterocycles. The second kappa shape index (κ2) is 6.42. The lowest BCUT2D eigenvalue weighted by atomic mass is 10.2. The van der Waals surface area contributed by atoms with Gasteiger partial charge in [0, 0.05) is 17.4 Å². The van der Waals surface area contributed by atoms with E-state index < -0.39 is 12.6 Å². The smallest absolute Gasteiger partial charge is 0.387 e. The molecular weight excluding hydrogens is 288 g/mol. The van der Waals surface area contributed by atoms with Gasteiger partial charge in [0.15, 0.2) is 0 Å². The monoisotopic (exact) mass is 299 g/mol. The minimum absolute atomic E-state index is 0.0321. The molecule has 0 saturated heterocycles. The molecule has 1 heterocycles. The summed E-state index contributed by atoms with van der Waals surface area (Å²) >= 11 is 1.38. The summed E-state index contributed by atoms with van der Waals surface area (Å²) in [6.45, 7) is -2.84. The summed E-state index contributed by atoms with van der Waals surface area (Å²) in [5.41, 5.74) is 1.48. The number of hydrogen-bond donors (Lipinski definition) is 1. The van der Waals surface area contributed by atoms with Crippen molar-refractivity contribution in [2.75, 3.05) is 0 Å². The molecule has 1 N–H and O–H groups in total. The van der Waals surface area contributed by atoms with Crippen LogP contribution in [0.4, 0.5) is 8.78 Å². The van der Waals surface area contributed by atoms with E-state index in [1.54, 1.807) is 17.5 Å². The molecular formula is C13H11F2NO3S. The van der Waals surface area contributed by atoms with Gasteiger partial charge in [-0.2, -0.15) is 8.78 Å². The third-order valence-electron chi connectivity index (χ3n) is 2.47. The molecule has 106 valence electrons. The average Bonchev–Trinajstić information content (AvgIpc) is 2.85. The van der Waals surface area contributed by atoms with Gasteiger partial charge in [0.2, 0.25) is 0 Å². The molecule has 0 aliphatic carbocycles. The van der Waals surface area contributed by atoms with Gasteiger partial charge in [0.25, 0.3) is 0 Å². The van der Waals surface area contributed by atoms with Crippen molar-refractivity contribution >= 4 is 17.3 Å². The van der Waals surface area contributed by atoms with Gasteiger partial charge in [-0.1, -0.05) is 0 Å². The van der Waals surface area contributed by atoms with E-state index in [-0.39, 0.29) is 12.2 Å². The van der Waals surface area contributed by atoms with Gasteiger partial charge in [-0.3, -0.25) is 4.79 Å². The molecule has 0 aliphatic rings. The molecule has 0 spiro atoms. The largest absolute Gasteiger partial charge is 0.481 e. The molecule has 0 unspecified atom stereocenters. The molecule has 1 aromatic heterocycles. The zero-order valence-electron chi connectivity index (χ0n) is 10.3. The predicted octanol–water partition coefficient (Wildman–Crippen LogP) is 3.43. The van der Waals surface area contributed by atoms with Crippen LogP contribution in [0, 0.1) is 0 Å². The maximum absolute atomic E-state index is 12.0. The van der Waals surface area contributed by atoms with Crippen LogP contribution in [0.25, 0.3) is 10.6 Å². The molecule has 2 aromatic rings. The lowest BCUT2D eigenvalue weighted by Crippen LogP contribution is -2.01. The summed E-state index contributed by atoms with van der Waals surface area (Å²) in [7, 11) is 0. The van der Waals surface area contributed by atoms with Gasteiger partial charge in [-0.15, -0.1) is 11.3 Å².